The molecule has 92 valence electrons. The molecule has 0 heterocycles. The van der Waals surface area contributed by atoms with Gasteiger partial charge in [0.2, 0.25) is 0 Å². The highest BCUT2D eigenvalue weighted by atomic mass is 35.5. The van der Waals surface area contributed by atoms with Crippen molar-refractivity contribution in [1.82, 2.24) is 0 Å². The van der Waals surface area contributed by atoms with Crippen LogP contribution in [0.5, 0.6) is 0 Å². The smallest absolute Gasteiger partial charge is 0.264 e. The Morgan fingerprint density at radius 3 is 2.20 bits per heavy atom. The molecule has 15 heavy (non-hydrogen) atoms. The average Bonchev–Trinajstić information content (AvgIpc) is 1.97. The van der Waals surface area contributed by atoms with Crippen molar-refractivity contribution in [2.45, 2.75) is 38.9 Å². The maximum atomic E-state index is 10.7. The maximum absolute atomic E-state index is 10.7. The summed E-state index contributed by atoms with van der Waals surface area (Å²) in [5.74, 6) is 0.324. The molecule has 0 saturated carbocycles. The van der Waals surface area contributed by atoms with Gasteiger partial charge >= 0.3 is 0 Å². The predicted octanol–water partition coefficient (Wildman–Crippen LogP) is 1.78. The predicted molar refractivity (Wildman–Crippen MR) is 60.8 cm³/mol. The van der Waals surface area contributed by atoms with E-state index in [0.717, 1.165) is 6.26 Å². The Hall–Kier alpha value is 0.160. The Kier molecular flexibility index (Phi) is 6.10. The van der Waals surface area contributed by atoms with Gasteiger partial charge in [-0.3, -0.25) is 4.18 Å². The van der Waals surface area contributed by atoms with Gasteiger partial charge in [-0.15, -0.1) is 11.6 Å². The molecule has 0 aliphatic carbocycles. The molecule has 0 rings (SSSR count). The maximum Gasteiger partial charge on any atom is 0.264 e. The largest absolute Gasteiger partial charge is 0.371 e. The summed E-state index contributed by atoms with van der Waals surface area (Å²) < 4.78 is 31.6. The van der Waals surface area contributed by atoms with Crippen molar-refractivity contribution in [3.63, 3.8) is 0 Å². The van der Waals surface area contributed by atoms with Gasteiger partial charge in [-0.25, -0.2) is 0 Å². The van der Waals surface area contributed by atoms with Crippen LogP contribution >= 0.6 is 11.6 Å². The fourth-order valence-electron chi connectivity index (χ4n) is 0.999. The van der Waals surface area contributed by atoms with Crippen molar-refractivity contribution in [3.8, 4) is 0 Å². The SMILES string of the molecule is CC(C)(C)O[C@H](CCl)CCOS(C)(=O)=O. The molecule has 0 radical (unpaired) electrons. The van der Waals surface area contributed by atoms with Gasteiger partial charge in [-0.2, -0.15) is 8.42 Å². The summed E-state index contributed by atoms with van der Waals surface area (Å²) in [5.41, 5.74) is -0.287. The molecule has 0 unspecified atom stereocenters. The van der Waals surface area contributed by atoms with Crippen LogP contribution in [0, 0.1) is 0 Å². The summed E-state index contributed by atoms with van der Waals surface area (Å²) in [6.45, 7) is 5.87. The first-order valence-corrected chi connectivity index (χ1v) is 7.07. The molecule has 0 aromatic rings. The van der Waals surface area contributed by atoms with Gasteiger partial charge in [-0.05, 0) is 27.2 Å². The van der Waals surface area contributed by atoms with Crippen molar-refractivity contribution in [2.75, 3.05) is 18.7 Å². The molecular weight excluding hydrogens is 240 g/mol. The second-order valence-corrected chi connectivity index (χ2v) is 6.27. The van der Waals surface area contributed by atoms with Crippen molar-refractivity contribution in [2.24, 2.45) is 0 Å². The third-order valence-electron chi connectivity index (χ3n) is 1.43. The fraction of sp³-hybridized carbons (Fsp3) is 1.00. The van der Waals surface area contributed by atoms with Crippen LogP contribution in [0.2, 0.25) is 0 Å². The van der Waals surface area contributed by atoms with E-state index >= 15 is 0 Å². The molecule has 0 aromatic heterocycles. The molecular formula is C9H19ClO4S. The lowest BCUT2D eigenvalue weighted by molar-refractivity contribution is -0.0559. The lowest BCUT2D eigenvalue weighted by Crippen LogP contribution is -2.29. The van der Waals surface area contributed by atoms with Crippen molar-refractivity contribution < 1.29 is 17.3 Å². The number of alkyl halides is 1. The lowest BCUT2D eigenvalue weighted by Gasteiger charge is -2.26. The third-order valence-corrected chi connectivity index (χ3v) is 2.37. The summed E-state index contributed by atoms with van der Waals surface area (Å²) in [6, 6.07) is 0. The second kappa shape index (κ2) is 6.03. The number of rotatable bonds is 6. The van der Waals surface area contributed by atoms with Crippen molar-refractivity contribution >= 4 is 21.7 Å². The normalized spacial score (nSPS) is 15.3. The van der Waals surface area contributed by atoms with E-state index in [-0.39, 0.29) is 18.3 Å². The summed E-state index contributed by atoms with van der Waals surface area (Å²) in [6.07, 6.45) is 1.30. The quantitative estimate of drug-likeness (QED) is 0.538. The van der Waals surface area contributed by atoms with E-state index in [4.69, 9.17) is 16.3 Å². The van der Waals surface area contributed by atoms with Crippen LogP contribution in [-0.4, -0.2) is 38.9 Å². The monoisotopic (exact) mass is 258 g/mol. The highest BCUT2D eigenvalue weighted by Crippen LogP contribution is 2.14. The minimum absolute atomic E-state index is 0.103. The highest BCUT2D eigenvalue weighted by Gasteiger charge is 2.18. The molecule has 0 N–H and O–H groups in total. The molecule has 1 atom stereocenters. The van der Waals surface area contributed by atoms with Gasteiger partial charge in [0.05, 0.1) is 24.6 Å². The van der Waals surface area contributed by atoms with E-state index in [1.165, 1.54) is 0 Å². The Bertz CT molecular complexity index is 268. The first-order valence-electron chi connectivity index (χ1n) is 4.72. The minimum Gasteiger partial charge on any atom is -0.371 e. The van der Waals surface area contributed by atoms with E-state index in [9.17, 15) is 8.42 Å². The number of halogens is 1. The Morgan fingerprint density at radius 2 is 1.87 bits per heavy atom. The zero-order valence-electron chi connectivity index (χ0n) is 9.62. The number of ether oxygens (including phenoxy) is 1. The van der Waals surface area contributed by atoms with E-state index in [1.54, 1.807) is 0 Å². The molecule has 4 nitrogen and oxygen atoms in total. The second-order valence-electron chi connectivity index (χ2n) is 4.32. The molecule has 6 heteroatoms. The van der Waals surface area contributed by atoms with Crippen LogP contribution in [0.1, 0.15) is 27.2 Å². The fourth-order valence-corrected chi connectivity index (χ4v) is 1.61. The summed E-state index contributed by atoms with van der Waals surface area (Å²) in [4.78, 5) is 0. The first-order chi connectivity index (χ1) is 6.64. The molecule has 0 aliphatic heterocycles. The van der Waals surface area contributed by atoms with E-state index in [0.29, 0.717) is 12.3 Å². The van der Waals surface area contributed by atoms with Crippen LogP contribution in [0.3, 0.4) is 0 Å². The number of hydrogen-bond acceptors (Lipinski definition) is 4. The van der Waals surface area contributed by atoms with Crippen LogP contribution < -0.4 is 0 Å². The third kappa shape index (κ3) is 10.4. The Balaban J connectivity index is 3.92. The Morgan fingerprint density at radius 1 is 1.33 bits per heavy atom. The van der Waals surface area contributed by atoms with Crippen molar-refractivity contribution in [1.29, 1.82) is 0 Å². The van der Waals surface area contributed by atoms with E-state index in [2.05, 4.69) is 4.18 Å². The molecule has 0 aromatic carbocycles. The summed E-state index contributed by atoms with van der Waals surface area (Å²) >= 11 is 5.69. The zero-order valence-corrected chi connectivity index (χ0v) is 11.2. The van der Waals surface area contributed by atoms with Crippen LogP contribution in [0.15, 0.2) is 0 Å². The van der Waals surface area contributed by atoms with E-state index < -0.39 is 10.1 Å². The van der Waals surface area contributed by atoms with Crippen LogP contribution in [0.4, 0.5) is 0 Å². The van der Waals surface area contributed by atoms with Crippen molar-refractivity contribution in [3.05, 3.63) is 0 Å². The van der Waals surface area contributed by atoms with Crippen LogP contribution in [-0.2, 0) is 19.0 Å². The average molecular weight is 259 g/mol. The molecule has 0 saturated heterocycles. The Labute approximate surface area is 97.0 Å². The van der Waals surface area contributed by atoms with Gasteiger partial charge in [0, 0.05) is 5.88 Å². The topological polar surface area (TPSA) is 52.6 Å². The minimum atomic E-state index is -3.37. The van der Waals surface area contributed by atoms with Gasteiger partial charge in [0.1, 0.15) is 0 Å². The first kappa shape index (κ1) is 15.2. The molecule has 0 amide bonds. The van der Waals surface area contributed by atoms with Gasteiger partial charge in [-0.1, -0.05) is 0 Å². The van der Waals surface area contributed by atoms with Gasteiger partial charge < -0.3 is 4.74 Å². The lowest BCUT2D eigenvalue weighted by atomic mass is 10.1. The zero-order chi connectivity index (χ0) is 12.1. The highest BCUT2D eigenvalue weighted by molar-refractivity contribution is 7.85. The van der Waals surface area contributed by atoms with Gasteiger partial charge in [0.15, 0.2) is 0 Å². The summed E-state index contributed by atoms with van der Waals surface area (Å²) in [5, 5.41) is 0. The number of hydrogen-bond donors (Lipinski definition) is 0. The van der Waals surface area contributed by atoms with E-state index in [1.807, 2.05) is 20.8 Å². The molecule has 0 aliphatic rings. The van der Waals surface area contributed by atoms with Gasteiger partial charge in [0.25, 0.3) is 10.1 Å². The summed E-state index contributed by atoms with van der Waals surface area (Å²) in [7, 11) is -3.37. The standard InChI is InChI=1S/C9H19ClO4S/c1-9(2,3)14-8(7-10)5-6-13-15(4,11)12/h8H,5-7H2,1-4H3/t8-/m0/s1. The van der Waals surface area contributed by atoms with Crippen LogP contribution in [0.25, 0.3) is 0 Å². The molecule has 0 spiro atoms. The molecule has 0 bridgehead atoms. The molecule has 0 fully saturated rings.